The minimum atomic E-state index is 0.702. The predicted octanol–water partition coefficient (Wildman–Crippen LogP) is 2.04. The molecule has 0 aliphatic carbocycles. The predicted molar refractivity (Wildman–Crippen MR) is 44.8 cm³/mol. The molecule has 11 heavy (non-hydrogen) atoms. The van der Waals surface area contributed by atoms with Crippen LogP contribution in [0.2, 0.25) is 0 Å². The molecule has 2 heteroatoms. The summed E-state index contributed by atoms with van der Waals surface area (Å²) in [5, 5.41) is 0. The summed E-state index contributed by atoms with van der Waals surface area (Å²) in [6.07, 6.45) is 2.74. The number of pyridine rings is 1. The van der Waals surface area contributed by atoms with Crippen molar-refractivity contribution in [2.45, 2.75) is 20.3 Å². The van der Waals surface area contributed by atoms with Gasteiger partial charge in [-0.1, -0.05) is 6.92 Å². The molecule has 0 aliphatic rings. The van der Waals surface area contributed by atoms with E-state index in [9.17, 15) is 0 Å². The lowest BCUT2D eigenvalue weighted by atomic mass is 10.3. The first-order chi connectivity index (χ1) is 5.36. The Morgan fingerprint density at radius 2 is 2.18 bits per heavy atom. The molecule has 1 aromatic rings. The van der Waals surface area contributed by atoms with Gasteiger partial charge in [-0.2, -0.15) is 0 Å². The fraction of sp³-hybridized carbons (Fsp3) is 0.444. The molecule has 0 aliphatic heterocycles. The van der Waals surface area contributed by atoms with E-state index in [4.69, 9.17) is 4.74 Å². The third kappa shape index (κ3) is 2.22. The summed E-state index contributed by atoms with van der Waals surface area (Å²) < 4.78 is 5.24. The van der Waals surface area contributed by atoms with Gasteiger partial charge >= 0.3 is 0 Å². The quantitative estimate of drug-likeness (QED) is 0.659. The zero-order valence-corrected chi connectivity index (χ0v) is 7.00. The van der Waals surface area contributed by atoms with Crippen molar-refractivity contribution in [3.63, 3.8) is 0 Å². The molecular formula is C9H13NO. The molecule has 0 spiro atoms. The van der Waals surface area contributed by atoms with Crippen LogP contribution in [0.15, 0.2) is 18.3 Å². The maximum absolute atomic E-state index is 5.24. The van der Waals surface area contributed by atoms with Crippen molar-refractivity contribution in [2.75, 3.05) is 6.61 Å². The number of aryl methyl sites for hydroxylation is 1. The van der Waals surface area contributed by atoms with Crippen LogP contribution in [0.1, 0.15) is 19.5 Å². The topological polar surface area (TPSA) is 22.1 Å². The molecule has 0 radical (unpaired) electrons. The summed E-state index contributed by atoms with van der Waals surface area (Å²) in [4.78, 5) is 4.19. The van der Waals surface area contributed by atoms with Crippen molar-refractivity contribution >= 4 is 0 Å². The van der Waals surface area contributed by atoms with Gasteiger partial charge in [-0.25, -0.2) is 0 Å². The Kier molecular flexibility index (Phi) is 2.90. The van der Waals surface area contributed by atoms with Crippen molar-refractivity contribution < 1.29 is 4.74 Å². The zero-order valence-electron chi connectivity index (χ0n) is 7.00. The van der Waals surface area contributed by atoms with E-state index in [-0.39, 0.29) is 0 Å². The minimum Gasteiger partial charge on any atom is -0.492 e. The van der Waals surface area contributed by atoms with Crippen LogP contribution in [0.5, 0.6) is 5.75 Å². The van der Waals surface area contributed by atoms with E-state index in [0.29, 0.717) is 6.61 Å². The van der Waals surface area contributed by atoms with Crippen LogP contribution in [0.4, 0.5) is 0 Å². The first-order valence-electron chi connectivity index (χ1n) is 3.94. The highest BCUT2D eigenvalue weighted by Crippen LogP contribution is 2.08. The van der Waals surface area contributed by atoms with Crippen molar-refractivity contribution in [3.05, 3.63) is 24.0 Å². The number of hydrogen-bond acceptors (Lipinski definition) is 2. The minimum absolute atomic E-state index is 0.702. The van der Waals surface area contributed by atoms with Crippen LogP contribution in [0.25, 0.3) is 0 Å². The Labute approximate surface area is 67.2 Å². The van der Waals surface area contributed by atoms with Gasteiger partial charge < -0.3 is 4.74 Å². The van der Waals surface area contributed by atoms with Crippen LogP contribution in [0.3, 0.4) is 0 Å². The molecule has 1 aromatic heterocycles. The lowest BCUT2D eigenvalue weighted by molar-refractivity contribution is 0.338. The first kappa shape index (κ1) is 8.05. The zero-order chi connectivity index (χ0) is 8.10. The second-order valence-corrected chi connectivity index (χ2v) is 2.27. The van der Waals surface area contributed by atoms with Crippen molar-refractivity contribution in [1.82, 2.24) is 4.98 Å². The molecule has 0 atom stereocenters. The van der Waals surface area contributed by atoms with Gasteiger partial charge in [0.25, 0.3) is 0 Å². The van der Waals surface area contributed by atoms with E-state index in [0.717, 1.165) is 17.9 Å². The molecule has 2 nitrogen and oxygen atoms in total. The highest BCUT2D eigenvalue weighted by atomic mass is 16.5. The third-order valence-electron chi connectivity index (χ3n) is 1.47. The van der Waals surface area contributed by atoms with E-state index < -0.39 is 0 Å². The second-order valence-electron chi connectivity index (χ2n) is 2.27. The summed E-state index contributed by atoms with van der Waals surface area (Å²) in [6.45, 7) is 4.75. The van der Waals surface area contributed by atoms with Gasteiger partial charge in [0.15, 0.2) is 0 Å². The maximum Gasteiger partial charge on any atom is 0.137 e. The Morgan fingerprint density at radius 1 is 1.36 bits per heavy atom. The Morgan fingerprint density at radius 3 is 2.64 bits per heavy atom. The lowest BCUT2D eigenvalue weighted by Crippen LogP contribution is -1.93. The van der Waals surface area contributed by atoms with Crippen LogP contribution >= 0.6 is 0 Å². The molecule has 0 unspecified atom stereocenters. The molecule has 60 valence electrons. The number of hydrogen-bond donors (Lipinski definition) is 0. The van der Waals surface area contributed by atoms with E-state index in [1.807, 2.05) is 19.1 Å². The highest BCUT2D eigenvalue weighted by Gasteiger charge is 1.92. The number of ether oxygens (including phenoxy) is 1. The second kappa shape index (κ2) is 3.96. The fourth-order valence-electron chi connectivity index (χ4n) is 0.872. The Balaban J connectivity index is 2.66. The first-order valence-corrected chi connectivity index (χ1v) is 3.94. The van der Waals surface area contributed by atoms with E-state index in [2.05, 4.69) is 11.9 Å². The molecule has 0 N–H and O–H groups in total. The molecular weight excluding hydrogens is 138 g/mol. The molecule has 1 heterocycles. The Bertz CT molecular complexity index is 205. The molecule has 1 rings (SSSR count). The molecule has 0 saturated heterocycles. The number of aromatic nitrogens is 1. The van der Waals surface area contributed by atoms with Gasteiger partial charge in [-0.05, 0) is 25.5 Å². The Hall–Kier alpha value is -1.05. The van der Waals surface area contributed by atoms with Crippen molar-refractivity contribution in [2.24, 2.45) is 0 Å². The van der Waals surface area contributed by atoms with Gasteiger partial charge in [0, 0.05) is 5.69 Å². The van der Waals surface area contributed by atoms with Crippen LogP contribution in [0, 0.1) is 0 Å². The molecule has 0 aromatic carbocycles. The number of rotatable bonds is 3. The van der Waals surface area contributed by atoms with Crippen molar-refractivity contribution in [3.8, 4) is 5.75 Å². The van der Waals surface area contributed by atoms with E-state index in [1.54, 1.807) is 6.20 Å². The summed E-state index contributed by atoms with van der Waals surface area (Å²) in [6, 6.07) is 3.94. The normalized spacial score (nSPS) is 9.64. The third-order valence-corrected chi connectivity index (χ3v) is 1.47. The average molecular weight is 151 g/mol. The number of nitrogens with zero attached hydrogens (tertiary/aromatic N) is 1. The van der Waals surface area contributed by atoms with Gasteiger partial charge in [-0.3, -0.25) is 4.98 Å². The molecule has 0 amide bonds. The highest BCUT2D eigenvalue weighted by molar-refractivity contribution is 5.19. The molecule has 0 saturated carbocycles. The van der Waals surface area contributed by atoms with Gasteiger partial charge in [0.05, 0.1) is 12.8 Å². The monoisotopic (exact) mass is 151 g/mol. The van der Waals surface area contributed by atoms with E-state index >= 15 is 0 Å². The lowest BCUT2D eigenvalue weighted by Gasteiger charge is -2.01. The van der Waals surface area contributed by atoms with Gasteiger partial charge in [0.1, 0.15) is 5.75 Å². The standard InChI is InChI=1S/C9H13NO/c1-3-8-5-6-9(7-10-8)11-4-2/h5-7H,3-4H2,1-2H3. The van der Waals surface area contributed by atoms with Crippen LogP contribution < -0.4 is 4.74 Å². The fourth-order valence-corrected chi connectivity index (χ4v) is 0.872. The molecule has 0 fully saturated rings. The molecule has 0 bridgehead atoms. The van der Waals surface area contributed by atoms with Crippen LogP contribution in [-0.2, 0) is 6.42 Å². The van der Waals surface area contributed by atoms with Gasteiger partial charge in [0.2, 0.25) is 0 Å². The summed E-state index contributed by atoms with van der Waals surface area (Å²) in [5.41, 5.74) is 1.11. The largest absolute Gasteiger partial charge is 0.492 e. The van der Waals surface area contributed by atoms with Crippen LogP contribution in [-0.4, -0.2) is 11.6 Å². The SMILES string of the molecule is CCOc1ccc(CC)nc1. The summed E-state index contributed by atoms with van der Waals surface area (Å²) in [7, 11) is 0. The van der Waals surface area contributed by atoms with E-state index in [1.165, 1.54) is 0 Å². The van der Waals surface area contributed by atoms with Gasteiger partial charge in [-0.15, -0.1) is 0 Å². The maximum atomic E-state index is 5.24. The van der Waals surface area contributed by atoms with Crippen molar-refractivity contribution in [1.29, 1.82) is 0 Å². The average Bonchev–Trinajstić information content (AvgIpc) is 2.07. The summed E-state index contributed by atoms with van der Waals surface area (Å²) >= 11 is 0. The smallest absolute Gasteiger partial charge is 0.137 e. The summed E-state index contributed by atoms with van der Waals surface area (Å²) in [5.74, 6) is 0.852.